The van der Waals surface area contributed by atoms with Gasteiger partial charge in [0.1, 0.15) is 5.75 Å². The number of carbonyl (C=O) groups is 1. The van der Waals surface area contributed by atoms with Crippen molar-refractivity contribution in [3.8, 4) is 5.75 Å². The van der Waals surface area contributed by atoms with Gasteiger partial charge in [0.25, 0.3) is 0 Å². The van der Waals surface area contributed by atoms with Gasteiger partial charge in [0.15, 0.2) is 0 Å². The predicted octanol–water partition coefficient (Wildman–Crippen LogP) is 4.09. The van der Waals surface area contributed by atoms with Crippen molar-refractivity contribution in [2.75, 3.05) is 0 Å². The van der Waals surface area contributed by atoms with Gasteiger partial charge < -0.3 is 10.2 Å². The minimum Gasteiger partial charge on any atom is -0.508 e. The highest BCUT2D eigenvalue weighted by molar-refractivity contribution is 6.30. The number of carboxylic acids is 1. The topological polar surface area (TPSA) is 82.2 Å². The fourth-order valence-corrected chi connectivity index (χ4v) is 1.78. The van der Waals surface area contributed by atoms with Crippen LogP contribution in [0.3, 0.4) is 0 Å². The molecule has 5 nitrogen and oxygen atoms in total. The van der Waals surface area contributed by atoms with Crippen molar-refractivity contribution in [3.63, 3.8) is 0 Å². The molecule has 0 aromatic heterocycles. The van der Waals surface area contributed by atoms with Gasteiger partial charge in [-0.25, -0.2) is 0 Å². The lowest BCUT2D eigenvalue weighted by Gasteiger charge is -2.02. The summed E-state index contributed by atoms with van der Waals surface area (Å²) < 4.78 is 0. The Morgan fingerprint density at radius 1 is 1.10 bits per heavy atom. The van der Waals surface area contributed by atoms with Gasteiger partial charge in [-0.1, -0.05) is 17.7 Å². The van der Waals surface area contributed by atoms with E-state index in [9.17, 15) is 9.90 Å². The van der Waals surface area contributed by atoms with E-state index in [0.29, 0.717) is 22.0 Å². The van der Waals surface area contributed by atoms with Gasteiger partial charge in [-0.05, 0) is 36.4 Å². The van der Waals surface area contributed by atoms with Gasteiger partial charge in [-0.15, -0.1) is 0 Å². The highest BCUT2D eigenvalue weighted by Gasteiger charge is 2.07. The number of phenolic OH excluding ortho intramolecular Hbond substituents is 1. The van der Waals surface area contributed by atoms with Gasteiger partial charge >= 0.3 is 5.97 Å². The van der Waals surface area contributed by atoms with E-state index in [1.165, 1.54) is 12.1 Å². The fraction of sp³-hybridized carbons (Fsp3) is 0.0714. The van der Waals surface area contributed by atoms with Gasteiger partial charge in [-0.3, -0.25) is 4.79 Å². The monoisotopic (exact) mass is 290 g/mol. The molecule has 2 rings (SSSR count). The van der Waals surface area contributed by atoms with Crippen molar-refractivity contribution in [3.05, 3.63) is 53.1 Å². The van der Waals surface area contributed by atoms with Gasteiger partial charge in [-0.2, -0.15) is 10.2 Å². The van der Waals surface area contributed by atoms with E-state index >= 15 is 0 Å². The first-order chi connectivity index (χ1) is 9.54. The summed E-state index contributed by atoms with van der Waals surface area (Å²) in [6.45, 7) is 0. The molecule has 0 amide bonds. The maximum Gasteiger partial charge on any atom is 0.307 e. The number of aliphatic carboxylic acids is 1. The molecule has 0 fully saturated rings. The van der Waals surface area contributed by atoms with E-state index in [-0.39, 0.29) is 12.2 Å². The lowest BCUT2D eigenvalue weighted by molar-refractivity contribution is -0.136. The highest BCUT2D eigenvalue weighted by atomic mass is 35.5. The van der Waals surface area contributed by atoms with Crippen LogP contribution in [-0.4, -0.2) is 16.2 Å². The number of nitrogens with zero attached hydrogens (tertiary/aromatic N) is 2. The SMILES string of the molecule is O=C(O)Cc1cc(N=Nc2cccc(Cl)c2)ccc1O. The Balaban J connectivity index is 2.23. The van der Waals surface area contributed by atoms with Crippen LogP contribution in [-0.2, 0) is 11.2 Å². The minimum absolute atomic E-state index is 0.0749. The van der Waals surface area contributed by atoms with E-state index in [1.807, 2.05) is 0 Å². The summed E-state index contributed by atoms with van der Waals surface area (Å²) in [5.74, 6) is -1.10. The molecule has 0 heterocycles. The normalized spacial score (nSPS) is 10.8. The molecule has 0 saturated carbocycles. The molecule has 0 saturated heterocycles. The molecule has 6 heteroatoms. The average molecular weight is 291 g/mol. The number of hydrogen-bond acceptors (Lipinski definition) is 4. The van der Waals surface area contributed by atoms with Crippen LogP contribution in [0.25, 0.3) is 0 Å². The second kappa shape index (κ2) is 6.16. The Hall–Kier alpha value is -2.40. The molecule has 102 valence electrons. The van der Waals surface area contributed by atoms with Crippen molar-refractivity contribution in [2.24, 2.45) is 10.2 Å². The Morgan fingerprint density at radius 2 is 1.80 bits per heavy atom. The zero-order valence-electron chi connectivity index (χ0n) is 10.3. The summed E-state index contributed by atoms with van der Waals surface area (Å²) in [5.41, 5.74) is 1.34. The van der Waals surface area contributed by atoms with Crippen molar-refractivity contribution in [2.45, 2.75) is 6.42 Å². The van der Waals surface area contributed by atoms with Gasteiger partial charge in [0.05, 0.1) is 17.8 Å². The van der Waals surface area contributed by atoms with Crippen LogP contribution in [0.1, 0.15) is 5.56 Å². The summed E-state index contributed by atoms with van der Waals surface area (Å²) in [5, 5.41) is 26.8. The number of benzene rings is 2. The molecule has 0 atom stereocenters. The van der Waals surface area contributed by atoms with Crippen LogP contribution in [0.5, 0.6) is 5.75 Å². The Labute approximate surface area is 120 Å². The number of phenols is 1. The molecule has 0 spiro atoms. The zero-order valence-corrected chi connectivity index (χ0v) is 11.1. The molecule has 2 N–H and O–H groups in total. The molecule has 0 unspecified atom stereocenters. The van der Waals surface area contributed by atoms with Crippen LogP contribution in [0.2, 0.25) is 5.02 Å². The van der Waals surface area contributed by atoms with Crippen molar-refractivity contribution >= 4 is 28.9 Å². The van der Waals surface area contributed by atoms with E-state index in [1.54, 1.807) is 30.3 Å². The molecular formula is C14H11ClN2O3. The molecule has 2 aromatic rings. The minimum atomic E-state index is -1.02. The summed E-state index contributed by atoms with van der Waals surface area (Å²) >= 11 is 5.83. The van der Waals surface area contributed by atoms with E-state index < -0.39 is 5.97 Å². The third-order valence-electron chi connectivity index (χ3n) is 2.49. The lowest BCUT2D eigenvalue weighted by Crippen LogP contribution is -1.99. The molecule has 0 aliphatic carbocycles. The highest BCUT2D eigenvalue weighted by Crippen LogP contribution is 2.26. The van der Waals surface area contributed by atoms with E-state index in [2.05, 4.69) is 10.2 Å². The Bertz CT molecular complexity index is 671. The van der Waals surface area contributed by atoms with E-state index in [0.717, 1.165) is 0 Å². The number of rotatable bonds is 4. The molecular weight excluding hydrogens is 280 g/mol. The number of azo groups is 1. The third-order valence-corrected chi connectivity index (χ3v) is 2.73. The summed E-state index contributed by atoms with van der Waals surface area (Å²) in [6.07, 6.45) is -0.271. The quantitative estimate of drug-likeness (QED) is 0.832. The van der Waals surface area contributed by atoms with Crippen LogP contribution in [0.4, 0.5) is 11.4 Å². The largest absolute Gasteiger partial charge is 0.508 e. The summed E-state index contributed by atoms with van der Waals surface area (Å²) in [6, 6.07) is 11.3. The Kier molecular flexibility index (Phi) is 4.32. The third kappa shape index (κ3) is 3.80. The smallest absolute Gasteiger partial charge is 0.307 e. The number of hydrogen-bond donors (Lipinski definition) is 2. The zero-order chi connectivity index (χ0) is 14.5. The lowest BCUT2D eigenvalue weighted by atomic mass is 10.1. The number of halogens is 1. The summed E-state index contributed by atoms with van der Waals surface area (Å²) in [4.78, 5) is 10.7. The molecule has 2 aromatic carbocycles. The van der Waals surface area contributed by atoms with Crippen LogP contribution in [0, 0.1) is 0 Å². The van der Waals surface area contributed by atoms with Crippen molar-refractivity contribution in [1.82, 2.24) is 0 Å². The Morgan fingerprint density at radius 3 is 2.45 bits per heavy atom. The first kappa shape index (κ1) is 14.0. The van der Waals surface area contributed by atoms with Crippen molar-refractivity contribution < 1.29 is 15.0 Å². The van der Waals surface area contributed by atoms with Gasteiger partial charge in [0, 0.05) is 10.6 Å². The summed E-state index contributed by atoms with van der Waals surface area (Å²) in [7, 11) is 0. The van der Waals surface area contributed by atoms with Crippen LogP contribution < -0.4 is 0 Å². The standard InChI is InChI=1S/C14H11ClN2O3/c15-10-2-1-3-11(8-10)16-17-12-4-5-13(18)9(6-12)7-14(19)20/h1-6,8,18H,7H2,(H,19,20). The maximum atomic E-state index is 10.7. The molecule has 20 heavy (non-hydrogen) atoms. The first-order valence-corrected chi connectivity index (χ1v) is 6.13. The fourth-order valence-electron chi connectivity index (χ4n) is 1.59. The number of aromatic hydroxyl groups is 1. The molecule has 0 radical (unpaired) electrons. The van der Waals surface area contributed by atoms with Crippen LogP contribution >= 0.6 is 11.6 Å². The second-order valence-corrected chi connectivity index (χ2v) is 4.50. The molecule has 0 aliphatic rings. The van der Waals surface area contributed by atoms with Crippen molar-refractivity contribution in [1.29, 1.82) is 0 Å². The van der Waals surface area contributed by atoms with Gasteiger partial charge in [0.2, 0.25) is 0 Å². The van der Waals surface area contributed by atoms with E-state index in [4.69, 9.17) is 16.7 Å². The van der Waals surface area contributed by atoms with Crippen LogP contribution in [0.15, 0.2) is 52.7 Å². The predicted molar refractivity (Wildman–Crippen MR) is 75.1 cm³/mol. The molecule has 0 aliphatic heterocycles. The number of carboxylic acid groups (broad SMARTS) is 1. The maximum absolute atomic E-state index is 10.7. The average Bonchev–Trinajstić information content (AvgIpc) is 2.39. The second-order valence-electron chi connectivity index (χ2n) is 4.06. The first-order valence-electron chi connectivity index (χ1n) is 5.75. The molecule has 0 bridgehead atoms.